The van der Waals surface area contributed by atoms with Gasteiger partial charge in [-0.25, -0.2) is 0 Å². The lowest BCUT2D eigenvalue weighted by Gasteiger charge is -2.23. The summed E-state index contributed by atoms with van der Waals surface area (Å²) in [6.07, 6.45) is 2.38. The Morgan fingerprint density at radius 2 is 2.32 bits per heavy atom. The van der Waals surface area contributed by atoms with E-state index in [9.17, 15) is 10.1 Å². The molecule has 0 aliphatic heterocycles. The number of nitrogens with zero attached hydrogens (tertiary/aromatic N) is 3. The van der Waals surface area contributed by atoms with E-state index in [4.69, 9.17) is 10.00 Å². The molecule has 2 rings (SSSR count). The van der Waals surface area contributed by atoms with Crippen molar-refractivity contribution in [2.75, 3.05) is 18.6 Å². The van der Waals surface area contributed by atoms with Gasteiger partial charge in [0, 0.05) is 12.6 Å². The van der Waals surface area contributed by atoms with Crippen molar-refractivity contribution in [2.45, 2.75) is 25.3 Å². The number of anilines is 1. The molecule has 0 unspecified atom stereocenters. The molecular formula is C13H15N3O3. The maximum atomic E-state index is 11.3. The molecular weight excluding hydrogens is 246 g/mol. The van der Waals surface area contributed by atoms with Crippen LogP contribution in [0.25, 0.3) is 0 Å². The van der Waals surface area contributed by atoms with Crippen LogP contribution in [0.3, 0.4) is 0 Å². The fourth-order valence-corrected chi connectivity index (χ4v) is 2.15. The average molecular weight is 261 g/mol. The van der Waals surface area contributed by atoms with Gasteiger partial charge in [0.15, 0.2) is 5.75 Å². The molecule has 0 radical (unpaired) electrons. The van der Waals surface area contributed by atoms with Crippen LogP contribution in [0.15, 0.2) is 18.2 Å². The number of nitro groups is 1. The van der Waals surface area contributed by atoms with Crippen molar-refractivity contribution < 1.29 is 9.66 Å². The summed E-state index contributed by atoms with van der Waals surface area (Å²) >= 11 is 0. The van der Waals surface area contributed by atoms with Gasteiger partial charge in [0.05, 0.1) is 24.5 Å². The molecule has 0 aromatic heterocycles. The molecule has 1 saturated carbocycles. The molecule has 19 heavy (non-hydrogen) atoms. The van der Waals surface area contributed by atoms with E-state index in [1.165, 1.54) is 7.11 Å². The average Bonchev–Trinajstić information content (AvgIpc) is 3.23. The van der Waals surface area contributed by atoms with Crippen molar-refractivity contribution in [3.63, 3.8) is 0 Å². The van der Waals surface area contributed by atoms with Crippen molar-refractivity contribution in [1.29, 1.82) is 5.26 Å². The van der Waals surface area contributed by atoms with Crippen LogP contribution in [0.2, 0.25) is 0 Å². The molecule has 0 N–H and O–H groups in total. The summed E-state index contributed by atoms with van der Waals surface area (Å²) in [5, 5.41) is 20.0. The lowest BCUT2D eigenvalue weighted by molar-refractivity contribution is -0.385. The number of hydrogen-bond donors (Lipinski definition) is 0. The zero-order valence-electron chi connectivity index (χ0n) is 10.7. The van der Waals surface area contributed by atoms with Crippen LogP contribution >= 0.6 is 0 Å². The predicted molar refractivity (Wildman–Crippen MR) is 70.2 cm³/mol. The monoisotopic (exact) mass is 261 g/mol. The van der Waals surface area contributed by atoms with Crippen molar-refractivity contribution in [3.8, 4) is 11.8 Å². The Morgan fingerprint density at radius 3 is 2.84 bits per heavy atom. The van der Waals surface area contributed by atoms with Gasteiger partial charge >= 0.3 is 5.69 Å². The first-order valence-corrected chi connectivity index (χ1v) is 6.14. The predicted octanol–water partition coefficient (Wildman–Crippen LogP) is 2.49. The molecule has 1 aromatic carbocycles. The molecule has 6 heteroatoms. The molecule has 6 nitrogen and oxygen atoms in total. The summed E-state index contributed by atoms with van der Waals surface area (Å²) in [4.78, 5) is 12.8. The highest BCUT2D eigenvalue weighted by atomic mass is 16.6. The van der Waals surface area contributed by atoms with Gasteiger partial charge in [-0.05, 0) is 25.0 Å². The Labute approximate surface area is 111 Å². The second-order valence-corrected chi connectivity index (χ2v) is 4.42. The summed E-state index contributed by atoms with van der Waals surface area (Å²) in [5.74, 6) is 0.255. The Morgan fingerprint density at radius 1 is 1.58 bits per heavy atom. The van der Waals surface area contributed by atoms with Gasteiger partial charge in [-0.2, -0.15) is 5.26 Å². The summed E-state index contributed by atoms with van der Waals surface area (Å²) in [6, 6.07) is 7.43. The van der Waals surface area contributed by atoms with Crippen molar-refractivity contribution in [1.82, 2.24) is 0 Å². The minimum atomic E-state index is -0.421. The molecule has 0 bridgehead atoms. The van der Waals surface area contributed by atoms with Crippen LogP contribution < -0.4 is 9.64 Å². The standard InChI is InChI=1S/C13H15N3O3/c1-19-12-5-2-4-11(13(12)16(17)18)15(9-3-8-14)10-6-7-10/h2,4-5,10H,3,6-7,9H2,1H3. The van der Waals surface area contributed by atoms with E-state index < -0.39 is 4.92 Å². The first-order chi connectivity index (χ1) is 9.19. The van der Waals surface area contributed by atoms with E-state index in [1.807, 2.05) is 4.90 Å². The van der Waals surface area contributed by atoms with Gasteiger partial charge in [0.1, 0.15) is 5.69 Å². The topological polar surface area (TPSA) is 79.4 Å². The third kappa shape index (κ3) is 2.76. The van der Waals surface area contributed by atoms with Gasteiger partial charge in [0.2, 0.25) is 0 Å². The second kappa shape index (κ2) is 5.57. The maximum Gasteiger partial charge on any atom is 0.333 e. The number of methoxy groups -OCH3 is 1. The smallest absolute Gasteiger partial charge is 0.333 e. The van der Waals surface area contributed by atoms with E-state index in [0.717, 1.165) is 12.8 Å². The lowest BCUT2D eigenvalue weighted by Crippen LogP contribution is -2.27. The fraction of sp³-hybridized carbons (Fsp3) is 0.462. The Bertz CT molecular complexity index is 520. The van der Waals surface area contributed by atoms with E-state index in [0.29, 0.717) is 24.7 Å². The molecule has 0 amide bonds. The molecule has 1 aromatic rings. The number of benzene rings is 1. The molecule has 0 heterocycles. The minimum Gasteiger partial charge on any atom is -0.490 e. The van der Waals surface area contributed by atoms with Crippen molar-refractivity contribution >= 4 is 11.4 Å². The second-order valence-electron chi connectivity index (χ2n) is 4.42. The number of nitriles is 1. The molecule has 0 atom stereocenters. The van der Waals surface area contributed by atoms with Crippen molar-refractivity contribution in [2.24, 2.45) is 0 Å². The van der Waals surface area contributed by atoms with Gasteiger partial charge in [-0.1, -0.05) is 6.07 Å². The van der Waals surface area contributed by atoms with Crippen LogP contribution in [0, 0.1) is 21.4 Å². The molecule has 1 aliphatic rings. The first-order valence-electron chi connectivity index (χ1n) is 6.14. The largest absolute Gasteiger partial charge is 0.490 e. The van der Waals surface area contributed by atoms with Gasteiger partial charge in [-0.15, -0.1) is 0 Å². The molecule has 1 fully saturated rings. The first kappa shape index (κ1) is 13.1. The molecule has 1 aliphatic carbocycles. The summed E-state index contributed by atoms with van der Waals surface area (Å²) in [6.45, 7) is 0.509. The van der Waals surface area contributed by atoms with Crippen LogP contribution in [0.4, 0.5) is 11.4 Å². The van der Waals surface area contributed by atoms with E-state index in [2.05, 4.69) is 6.07 Å². The fourth-order valence-electron chi connectivity index (χ4n) is 2.15. The van der Waals surface area contributed by atoms with E-state index in [1.54, 1.807) is 18.2 Å². The summed E-state index contributed by atoms with van der Waals surface area (Å²) < 4.78 is 5.07. The molecule has 0 saturated heterocycles. The van der Waals surface area contributed by atoms with Crippen LogP contribution in [-0.4, -0.2) is 24.6 Å². The number of hydrogen-bond acceptors (Lipinski definition) is 5. The van der Waals surface area contributed by atoms with Crippen LogP contribution in [0.5, 0.6) is 5.75 Å². The minimum absolute atomic E-state index is 0.0187. The Balaban J connectivity index is 2.41. The van der Waals surface area contributed by atoms with Gasteiger partial charge < -0.3 is 9.64 Å². The quantitative estimate of drug-likeness (QED) is 0.580. The zero-order valence-corrected chi connectivity index (χ0v) is 10.7. The number of ether oxygens (including phenoxy) is 1. The zero-order chi connectivity index (χ0) is 13.8. The Hall–Kier alpha value is -2.29. The van der Waals surface area contributed by atoms with E-state index in [-0.39, 0.29) is 11.4 Å². The van der Waals surface area contributed by atoms with E-state index >= 15 is 0 Å². The lowest BCUT2D eigenvalue weighted by atomic mass is 10.2. The maximum absolute atomic E-state index is 11.3. The van der Waals surface area contributed by atoms with Crippen molar-refractivity contribution in [3.05, 3.63) is 28.3 Å². The number of nitro benzene ring substituents is 1. The molecule has 0 spiro atoms. The van der Waals surface area contributed by atoms with Gasteiger partial charge in [-0.3, -0.25) is 10.1 Å². The highest BCUT2D eigenvalue weighted by molar-refractivity contribution is 5.70. The SMILES string of the molecule is COc1cccc(N(CCC#N)C2CC2)c1[N+](=O)[O-]. The normalized spacial score (nSPS) is 13.7. The highest BCUT2D eigenvalue weighted by Crippen LogP contribution is 2.41. The third-order valence-electron chi connectivity index (χ3n) is 3.14. The van der Waals surface area contributed by atoms with Gasteiger partial charge in [0.25, 0.3) is 0 Å². The van der Waals surface area contributed by atoms with Crippen LogP contribution in [0.1, 0.15) is 19.3 Å². The number of para-hydroxylation sites is 1. The number of rotatable bonds is 6. The van der Waals surface area contributed by atoms with Crippen LogP contribution in [-0.2, 0) is 0 Å². The highest BCUT2D eigenvalue weighted by Gasteiger charge is 2.34. The molecule has 100 valence electrons. The summed E-state index contributed by atoms with van der Waals surface area (Å²) in [5.41, 5.74) is 0.525. The third-order valence-corrected chi connectivity index (χ3v) is 3.14. The summed E-state index contributed by atoms with van der Waals surface area (Å²) in [7, 11) is 1.42. The Kier molecular flexibility index (Phi) is 3.85.